The van der Waals surface area contributed by atoms with Crippen LogP contribution in [0.3, 0.4) is 0 Å². The molecule has 1 aliphatic rings. The third-order valence-corrected chi connectivity index (χ3v) is 5.71. The van der Waals surface area contributed by atoms with E-state index in [0.29, 0.717) is 32.1 Å². The van der Waals surface area contributed by atoms with Crippen molar-refractivity contribution in [2.24, 2.45) is 11.8 Å². The van der Waals surface area contributed by atoms with Gasteiger partial charge in [-0.25, -0.2) is 4.79 Å². The van der Waals surface area contributed by atoms with Gasteiger partial charge in [-0.2, -0.15) is 11.3 Å². The summed E-state index contributed by atoms with van der Waals surface area (Å²) in [4.78, 5) is 29.5. The van der Waals surface area contributed by atoms with Gasteiger partial charge in [0.15, 0.2) is 0 Å². The molecule has 150 valence electrons. The number of benzene rings is 1. The van der Waals surface area contributed by atoms with E-state index >= 15 is 0 Å². The highest BCUT2D eigenvalue weighted by Crippen LogP contribution is 2.25. The lowest BCUT2D eigenvalue weighted by Gasteiger charge is -2.35. The first-order chi connectivity index (χ1) is 13.5. The van der Waals surface area contributed by atoms with E-state index in [9.17, 15) is 9.59 Å². The molecule has 1 unspecified atom stereocenters. The Morgan fingerprint density at radius 1 is 1.25 bits per heavy atom. The van der Waals surface area contributed by atoms with Gasteiger partial charge in [0, 0.05) is 25.3 Å². The fraction of sp³-hybridized carbons (Fsp3) is 0.455. The SMILES string of the molecule is CC(C)CNC(=O)N1CCCC(C(=O)N(Cc2ccsc2)c2ccccc2)C1. The largest absolute Gasteiger partial charge is 0.338 e. The van der Waals surface area contributed by atoms with E-state index in [-0.39, 0.29) is 17.9 Å². The molecule has 28 heavy (non-hydrogen) atoms. The number of carbonyl (C=O) groups is 2. The highest BCUT2D eigenvalue weighted by molar-refractivity contribution is 7.07. The fourth-order valence-electron chi connectivity index (χ4n) is 3.46. The Bertz CT molecular complexity index is 761. The highest BCUT2D eigenvalue weighted by Gasteiger charge is 2.32. The fourth-order valence-corrected chi connectivity index (χ4v) is 4.12. The molecule has 5 nitrogen and oxygen atoms in total. The molecule has 0 spiro atoms. The molecule has 1 atom stereocenters. The zero-order valence-electron chi connectivity index (χ0n) is 16.6. The summed E-state index contributed by atoms with van der Waals surface area (Å²) in [5, 5.41) is 7.08. The van der Waals surface area contributed by atoms with E-state index in [4.69, 9.17) is 0 Å². The second-order valence-electron chi connectivity index (χ2n) is 7.76. The first-order valence-electron chi connectivity index (χ1n) is 9.95. The number of piperidine rings is 1. The zero-order valence-corrected chi connectivity index (χ0v) is 17.5. The summed E-state index contributed by atoms with van der Waals surface area (Å²) in [5.74, 6) is 0.335. The van der Waals surface area contributed by atoms with E-state index in [1.54, 1.807) is 16.2 Å². The van der Waals surface area contributed by atoms with Crippen LogP contribution in [0.15, 0.2) is 47.2 Å². The van der Waals surface area contributed by atoms with Crippen molar-refractivity contribution in [1.29, 1.82) is 0 Å². The normalized spacial score (nSPS) is 16.8. The molecule has 1 aromatic heterocycles. The van der Waals surface area contributed by atoms with E-state index in [0.717, 1.165) is 24.1 Å². The van der Waals surface area contributed by atoms with E-state index < -0.39 is 0 Å². The predicted octanol–water partition coefficient (Wildman–Crippen LogP) is 4.36. The van der Waals surface area contributed by atoms with Crippen molar-refractivity contribution in [2.45, 2.75) is 33.2 Å². The second-order valence-corrected chi connectivity index (χ2v) is 8.54. The Morgan fingerprint density at radius 3 is 2.71 bits per heavy atom. The van der Waals surface area contributed by atoms with Crippen LogP contribution < -0.4 is 10.2 Å². The van der Waals surface area contributed by atoms with Crippen molar-refractivity contribution in [3.63, 3.8) is 0 Å². The Kier molecular flexibility index (Phi) is 7.09. The van der Waals surface area contributed by atoms with Crippen LogP contribution >= 0.6 is 11.3 Å². The summed E-state index contributed by atoms with van der Waals surface area (Å²) in [5.41, 5.74) is 2.03. The average molecular weight is 400 g/mol. The van der Waals surface area contributed by atoms with Crippen LogP contribution in [0.2, 0.25) is 0 Å². The van der Waals surface area contributed by atoms with Crippen molar-refractivity contribution in [3.05, 3.63) is 52.7 Å². The Labute approximate surface area is 171 Å². The number of thiophene rings is 1. The van der Waals surface area contributed by atoms with Gasteiger partial charge in [0.1, 0.15) is 0 Å². The molecule has 1 N–H and O–H groups in total. The topological polar surface area (TPSA) is 52.7 Å². The molecule has 0 bridgehead atoms. The van der Waals surface area contributed by atoms with Crippen molar-refractivity contribution in [3.8, 4) is 0 Å². The Morgan fingerprint density at radius 2 is 2.04 bits per heavy atom. The molecular formula is C22H29N3O2S. The number of hydrogen-bond donors (Lipinski definition) is 1. The van der Waals surface area contributed by atoms with Crippen molar-refractivity contribution < 1.29 is 9.59 Å². The molecule has 0 radical (unpaired) electrons. The molecule has 1 aliphatic heterocycles. The van der Waals surface area contributed by atoms with Crippen LogP contribution in [-0.2, 0) is 11.3 Å². The molecule has 0 saturated carbocycles. The zero-order chi connectivity index (χ0) is 19.9. The minimum Gasteiger partial charge on any atom is -0.338 e. The van der Waals surface area contributed by atoms with Crippen LogP contribution in [0.5, 0.6) is 0 Å². The molecule has 1 fully saturated rings. The molecule has 1 aromatic carbocycles. The number of carbonyl (C=O) groups excluding carboxylic acids is 2. The number of nitrogens with zero attached hydrogens (tertiary/aromatic N) is 2. The lowest BCUT2D eigenvalue weighted by Crippen LogP contribution is -2.50. The van der Waals surface area contributed by atoms with E-state index in [1.807, 2.05) is 40.6 Å². The van der Waals surface area contributed by atoms with Gasteiger partial charge in [-0.3, -0.25) is 4.79 Å². The van der Waals surface area contributed by atoms with Gasteiger partial charge in [0.25, 0.3) is 0 Å². The summed E-state index contributed by atoms with van der Waals surface area (Å²) in [6.07, 6.45) is 1.67. The standard InChI is InChI=1S/C22H29N3O2S/c1-17(2)13-23-22(27)24-11-6-7-19(15-24)21(26)25(14-18-10-12-28-16-18)20-8-4-3-5-9-20/h3-5,8-10,12,16-17,19H,6-7,11,13-15H2,1-2H3,(H,23,27). The molecule has 0 aliphatic carbocycles. The minimum absolute atomic E-state index is 0.0599. The summed E-state index contributed by atoms with van der Waals surface area (Å²) < 4.78 is 0. The maximum atomic E-state index is 13.4. The van der Waals surface area contributed by atoms with Gasteiger partial charge in [-0.15, -0.1) is 0 Å². The van der Waals surface area contributed by atoms with Crippen LogP contribution in [0.1, 0.15) is 32.3 Å². The van der Waals surface area contributed by atoms with Gasteiger partial charge in [0.2, 0.25) is 5.91 Å². The van der Waals surface area contributed by atoms with Gasteiger partial charge < -0.3 is 15.1 Å². The maximum Gasteiger partial charge on any atom is 0.317 e. The number of anilines is 1. The second kappa shape index (κ2) is 9.73. The van der Waals surface area contributed by atoms with Crippen LogP contribution in [0.25, 0.3) is 0 Å². The van der Waals surface area contributed by atoms with Crippen molar-refractivity contribution in [2.75, 3.05) is 24.5 Å². The molecule has 2 aromatic rings. The van der Waals surface area contributed by atoms with Crippen LogP contribution in [-0.4, -0.2) is 36.5 Å². The Hall–Kier alpha value is -2.34. The van der Waals surface area contributed by atoms with Gasteiger partial charge in [-0.05, 0) is 53.3 Å². The number of rotatable bonds is 6. The summed E-state index contributed by atoms with van der Waals surface area (Å²) >= 11 is 1.64. The minimum atomic E-state index is -0.169. The predicted molar refractivity (Wildman–Crippen MR) is 114 cm³/mol. The Balaban J connectivity index is 1.71. The first kappa shape index (κ1) is 20.4. The van der Waals surface area contributed by atoms with E-state index in [2.05, 4.69) is 30.6 Å². The number of amides is 3. The number of urea groups is 1. The van der Waals surface area contributed by atoms with Gasteiger partial charge in [-0.1, -0.05) is 32.0 Å². The van der Waals surface area contributed by atoms with Crippen molar-refractivity contribution in [1.82, 2.24) is 10.2 Å². The number of nitrogens with one attached hydrogen (secondary N) is 1. The van der Waals surface area contributed by atoms with Crippen molar-refractivity contribution >= 4 is 29.0 Å². The summed E-state index contributed by atoms with van der Waals surface area (Å²) in [6.45, 7) is 6.56. The highest BCUT2D eigenvalue weighted by atomic mass is 32.1. The molecule has 1 saturated heterocycles. The lowest BCUT2D eigenvalue weighted by molar-refractivity contribution is -0.123. The third-order valence-electron chi connectivity index (χ3n) is 4.97. The smallest absolute Gasteiger partial charge is 0.317 e. The maximum absolute atomic E-state index is 13.4. The monoisotopic (exact) mass is 399 g/mol. The van der Waals surface area contributed by atoms with Crippen LogP contribution in [0, 0.1) is 11.8 Å². The number of likely N-dealkylation sites (tertiary alicyclic amines) is 1. The molecule has 3 rings (SSSR count). The van der Waals surface area contributed by atoms with Gasteiger partial charge in [0.05, 0.1) is 12.5 Å². The molecule has 6 heteroatoms. The quantitative estimate of drug-likeness (QED) is 0.785. The number of hydrogen-bond acceptors (Lipinski definition) is 3. The molecule has 3 amide bonds. The molecular weight excluding hydrogens is 370 g/mol. The summed E-state index contributed by atoms with van der Waals surface area (Å²) in [7, 11) is 0. The number of para-hydroxylation sites is 1. The third kappa shape index (κ3) is 5.35. The first-order valence-corrected chi connectivity index (χ1v) is 10.9. The molecule has 2 heterocycles. The summed E-state index contributed by atoms with van der Waals surface area (Å²) in [6, 6.07) is 11.8. The van der Waals surface area contributed by atoms with Crippen LogP contribution in [0.4, 0.5) is 10.5 Å². The van der Waals surface area contributed by atoms with Gasteiger partial charge >= 0.3 is 6.03 Å². The average Bonchev–Trinajstić information content (AvgIpc) is 3.24. The van der Waals surface area contributed by atoms with E-state index in [1.165, 1.54) is 0 Å². The lowest BCUT2D eigenvalue weighted by atomic mass is 9.96.